The predicted octanol–water partition coefficient (Wildman–Crippen LogP) is 4.90. The molecule has 120 valence electrons. The van der Waals surface area contributed by atoms with Crippen LogP contribution >= 0.6 is 11.8 Å². The molecular weight excluding hydrogens is 278 g/mol. The average molecular weight is 310 g/mol. The van der Waals surface area contributed by atoms with E-state index in [4.69, 9.17) is 4.74 Å². The standard InChI is InChI=1S/C18H31NOS/c1-6-12-19-18(13-21-15(5)14(3)4)16-8-10-17(11-9-16)20-7-2/h8-11,14-15,18-19H,6-7,12-13H2,1-5H3. The largest absolute Gasteiger partial charge is 0.494 e. The molecule has 1 aromatic carbocycles. The van der Waals surface area contributed by atoms with Crippen molar-refractivity contribution in [3.63, 3.8) is 0 Å². The van der Waals surface area contributed by atoms with Crippen LogP contribution in [0.5, 0.6) is 5.75 Å². The van der Waals surface area contributed by atoms with Crippen molar-refractivity contribution >= 4 is 11.8 Å². The van der Waals surface area contributed by atoms with Crippen molar-refractivity contribution in [3.8, 4) is 5.75 Å². The molecule has 0 aromatic heterocycles. The second kappa shape index (κ2) is 10.1. The van der Waals surface area contributed by atoms with Crippen LogP contribution in [0, 0.1) is 5.92 Å². The molecule has 21 heavy (non-hydrogen) atoms. The summed E-state index contributed by atoms with van der Waals surface area (Å²) in [5.74, 6) is 2.80. The van der Waals surface area contributed by atoms with Gasteiger partial charge in [0, 0.05) is 17.0 Å². The van der Waals surface area contributed by atoms with Crippen LogP contribution in [-0.2, 0) is 0 Å². The molecule has 0 bridgehead atoms. The summed E-state index contributed by atoms with van der Waals surface area (Å²) in [6.07, 6.45) is 1.16. The molecule has 3 heteroatoms. The Balaban J connectivity index is 2.67. The van der Waals surface area contributed by atoms with Gasteiger partial charge in [-0.15, -0.1) is 0 Å². The molecule has 1 rings (SSSR count). The maximum atomic E-state index is 5.53. The minimum absolute atomic E-state index is 0.423. The Kier molecular flexibility index (Phi) is 8.86. The van der Waals surface area contributed by atoms with E-state index in [9.17, 15) is 0 Å². The summed E-state index contributed by atoms with van der Waals surface area (Å²) in [7, 11) is 0. The second-order valence-corrected chi connectivity index (χ2v) is 7.20. The van der Waals surface area contributed by atoms with E-state index >= 15 is 0 Å². The van der Waals surface area contributed by atoms with Crippen molar-refractivity contribution in [2.24, 2.45) is 5.92 Å². The molecule has 0 spiro atoms. The molecule has 0 amide bonds. The topological polar surface area (TPSA) is 21.3 Å². The Labute approximate surface area is 135 Å². The normalized spacial score (nSPS) is 14.2. The number of nitrogens with one attached hydrogen (secondary N) is 1. The van der Waals surface area contributed by atoms with Gasteiger partial charge in [0.25, 0.3) is 0 Å². The Morgan fingerprint density at radius 3 is 2.29 bits per heavy atom. The lowest BCUT2D eigenvalue weighted by atomic mass is 10.1. The number of hydrogen-bond donors (Lipinski definition) is 1. The highest BCUT2D eigenvalue weighted by Crippen LogP contribution is 2.26. The van der Waals surface area contributed by atoms with Gasteiger partial charge in [0.05, 0.1) is 6.61 Å². The van der Waals surface area contributed by atoms with Gasteiger partial charge in [0.2, 0.25) is 0 Å². The first-order valence-corrected chi connectivity index (χ1v) is 9.21. The van der Waals surface area contributed by atoms with Gasteiger partial charge in [-0.2, -0.15) is 11.8 Å². The fraction of sp³-hybridized carbons (Fsp3) is 0.667. The number of benzene rings is 1. The summed E-state index contributed by atoms with van der Waals surface area (Å²) in [6.45, 7) is 12.9. The lowest BCUT2D eigenvalue weighted by Gasteiger charge is -2.22. The third-order valence-electron chi connectivity index (χ3n) is 3.70. The monoisotopic (exact) mass is 309 g/mol. The zero-order valence-electron chi connectivity index (χ0n) is 14.2. The van der Waals surface area contributed by atoms with Crippen molar-refractivity contribution in [2.75, 3.05) is 18.9 Å². The van der Waals surface area contributed by atoms with Crippen molar-refractivity contribution in [2.45, 2.75) is 52.3 Å². The maximum Gasteiger partial charge on any atom is 0.119 e. The van der Waals surface area contributed by atoms with Crippen molar-refractivity contribution in [3.05, 3.63) is 29.8 Å². The van der Waals surface area contributed by atoms with Gasteiger partial charge >= 0.3 is 0 Å². The molecule has 0 saturated heterocycles. The van der Waals surface area contributed by atoms with Gasteiger partial charge in [-0.25, -0.2) is 0 Å². The number of rotatable bonds is 10. The van der Waals surface area contributed by atoms with Crippen LogP contribution in [0.3, 0.4) is 0 Å². The van der Waals surface area contributed by atoms with E-state index in [2.05, 4.69) is 69.0 Å². The third-order valence-corrected chi connectivity index (χ3v) is 5.29. The Bertz CT molecular complexity index is 377. The molecular formula is C18H31NOS. The smallest absolute Gasteiger partial charge is 0.119 e. The van der Waals surface area contributed by atoms with Crippen LogP contribution in [0.15, 0.2) is 24.3 Å². The molecule has 0 aliphatic heterocycles. The predicted molar refractivity (Wildman–Crippen MR) is 95.4 cm³/mol. The van der Waals surface area contributed by atoms with E-state index in [0.717, 1.165) is 37.0 Å². The van der Waals surface area contributed by atoms with E-state index in [1.54, 1.807) is 0 Å². The van der Waals surface area contributed by atoms with Gasteiger partial charge in [-0.1, -0.05) is 39.8 Å². The highest BCUT2D eigenvalue weighted by Gasteiger charge is 2.14. The van der Waals surface area contributed by atoms with Gasteiger partial charge in [-0.3, -0.25) is 0 Å². The minimum atomic E-state index is 0.423. The fourth-order valence-electron chi connectivity index (χ4n) is 2.00. The molecule has 1 N–H and O–H groups in total. The van der Waals surface area contributed by atoms with Crippen LogP contribution in [-0.4, -0.2) is 24.2 Å². The fourth-order valence-corrected chi connectivity index (χ4v) is 3.19. The first kappa shape index (κ1) is 18.4. The van der Waals surface area contributed by atoms with Crippen LogP contribution in [0.25, 0.3) is 0 Å². The lowest BCUT2D eigenvalue weighted by Crippen LogP contribution is -2.25. The molecule has 0 radical (unpaired) electrons. The van der Waals surface area contributed by atoms with Crippen molar-refractivity contribution in [1.29, 1.82) is 0 Å². The van der Waals surface area contributed by atoms with Gasteiger partial charge < -0.3 is 10.1 Å². The summed E-state index contributed by atoms with van der Waals surface area (Å²) in [4.78, 5) is 0. The van der Waals surface area contributed by atoms with E-state index in [-0.39, 0.29) is 0 Å². The summed E-state index contributed by atoms with van der Waals surface area (Å²) in [6, 6.07) is 8.97. The quantitative estimate of drug-likeness (QED) is 0.664. The molecule has 2 atom stereocenters. The van der Waals surface area contributed by atoms with Gasteiger partial charge in [0.15, 0.2) is 0 Å². The zero-order chi connectivity index (χ0) is 15.7. The Morgan fingerprint density at radius 1 is 1.10 bits per heavy atom. The van der Waals surface area contributed by atoms with E-state index in [0.29, 0.717) is 11.3 Å². The van der Waals surface area contributed by atoms with Crippen molar-refractivity contribution < 1.29 is 4.74 Å². The van der Waals surface area contributed by atoms with Crippen LogP contribution in [0.1, 0.15) is 52.6 Å². The maximum absolute atomic E-state index is 5.53. The third kappa shape index (κ3) is 6.75. The highest BCUT2D eigenvalue weighted by atomic mass is 32.2. The Hall–Kier alpha value is -0.670. The Morgan fingerprint density at radius 2 is 1.76 bits per heavy atom. The summed E-state index contributed by atoms with van der Waals surface area (Å²) < 4.78 is 5.53. The number of hydrogen-bond acceptors (Lipinski definition) is 3. The molecule has 0 saturated carbocycles. The summed E-state index contributed by atoms with van der Waals surface area (Å²) >= 11 is 2.06. The van der Waals surface area contributed by atoms with Crippen LogP contribution < -0.4 is 10.1 Å². The first-order valence-electron chi connectivity index (χ1n) is 8.16. The minimum Gasteiger partial charge on any atom is -0.494 e. The molecule has 0 aliphatic carbocycles. The number of thioether (sulfide) groups is 1. The average Bonchev–Trinajstić information content (AvgIpc) is 2.48. The lowest BCUT2D eigenvalue weighted by molar-refractivity contribution is 0.340. The van der Waals surface area contributed by atoms with E-state index in [1.165, 1.54) is 5.56 Å². The molecule has 0 aliphatic rings. The van der Waals surface area contributed by atoms with Crippen LogP contribution in [0.2, 0.25) is 0 Å². The zero-order valence-corrected chi connectivity index (χ0v) is 15.0. The van der Waals surface area contributed by atoms with E-state index in [1.807, 2.05) is 6.92 Å². The molecule has 0 fully saturated rings. The SMILES string of the molecule is CCCNC(CSC(C)C(C)C)c1ccc(OCC)cc1. The number of ether oxygens (including phenoxy) is 1. The molecule has 2 nitrogen and oxygen atoms in total. The summed E-state index contributed by atoms with van der Waals surface area (Å²) in [5.41, 5.74) is 1.36. The van der Waals surface area contributed by atoms with Crippen LogP contribution in [0.4, 0.5) is 0 Å². The van der Waals surface area contributed by atoms with Gasteiger partial charge in [0.1, 0.15) is 5.75 Å². The molecule has 0 heterocycles. The van der Waals surface area contributed by atoms with Crippen molar-refractivity contribution in [1.82, 2.24) is 5.32 Å². The molecule has 2 unspecified atom stereocenters. The highest BCUT2D eigenvalue weighted by molar-refractivity contribution is 7.99. The first-order chi connectivity index (χ1) is 10.1. The second-order valence-electron chi connectivity index (χ2n) is 5.79. The van der Waals surface area contributed by atoms with E-state index < -0.39 is 0 Å². The molecule has 1 aromatic rings. The van der Waals surface area contributed by atoms with Gasteiger partial charge in [-0.05, 0) is 43.5 Å². The summed E-state index contributed by atoms with van der Waals surface area (Å²) in [5, 5.41) is 4.36.